The maximum Gasteiger partial charge on any atom is 0.337 e. The molecule has 2 aliphatic carbocycles. The Bertz CT molecular complexity index is 1030. The van der Waals surface area contributed by atoms with Crippen LogP contribution in [0, 0.1) is 17.7 Å². The summed E-state index contributed by atoms with van der Waals surface area (Å²) in [7, 11) is 1.27. The molecule has 7 heteroatoms. The Labute approximate surface area is 199 Å². The fraction of sp³-hybridized carbons (Fsp3) is 0.519. The van der Waals surface area contributed by atoms with Crippen molar-refractivity contribution in [2.75, 3.05) is 7.11 Å². The molecule has 0 aromatic heterocycles. The van der Waals surface area contributed by atoms with Crippen molar-refractivity contribution in [3.63, 3.8) is 0 Å². The summed E-state index contributed by atoms with van der Waals surface area (Å²) in [6, 6.07) is 5.80. The van der Waals surface area contributed by atoms with E-state index in [1.807, 2.05) is 6.92 Å². The number of rotatable bonds is 4. The molecule has 182 valence electrons. The van der Waals surface area contributed by atoms with Crippen molar-refractivity contribution in [1.82, 2.24) is 5.32 Å². The number of halogens is 1. The third kappa shape index (κ3) is 4.65. The van der Waals surface area contributed by atoms with E-state index in [4.69, 9.17) is 9.47 Å². The molecule has 1 N–H and O–H groups in total. The molecule has 0 radical (unpaired) electrons. The molecule has 0 bridgehead atoms. The average molecular weight is 470 g/mol. The Hall–Kier alpha value is -2.96. The van der Waals surface area contributed by atoms with Gasteiger partial charge in [-0.2, -0.15) is 0 Å². The molecule has 3 aliphatic rings. The fourth-order valence-electron chi connectivity index (χ4n) is 5.51. The van der Waals surface area contributed by atoms with Crippen molar-refractivity contribution in [2.45, 2.75) is 70.8 Å². The third-order valence-electron chi connectivity index (χ3n) is 7.24. The highest BCUT2D eigenvalue weighted by Gasteiger charge is 2.47. The minimum Gasteiger partial charge on any atom is -0.468 e. The first-order valence-electron chi connectivity index (χ1n) is 12.1. The highest BCUT2D eigenvalue weighted by atomic mass is 19.1. The van der Waals surface area contributed by atoms with Gasteiger partial charge in [-0.25, -0.2) is 9.18 Å². The van der Waals surface area contributed by atoms with Crippen molar-refractivity contribution in [3.8, 4) is 0 Å². The zero-order chi connectivity index (χ0) is 24.4. The molecule has 1 aromatic carbocycles. The molecular formula is C27H32FNO5. The van der Waals surface area contributed by atoms with Crippen LogP contribution in [-0.2, 0) is 23.9 Å². The Balaban J connectivity index is 1.76. The lowest BCUT2D eigenvalue weighted by Gasteiger charge is -2.38. The van der Waals surface area contributed by atoms with Gasteiger partial charge in [-0.05, 0) is 62.6 Å². The molecule has 1 saturated carbocycles. The van der Waals surface area contributed by atoms with Crippen molar-refractivity contribution in [2.24, 2.45) is 11.8 Å². The van der Waals surface area contributed by atoms with Crippen LogP contribution in [0.25, 0.3) is 0 Å². The molecule has 1 heterocycles. The number of ether oxygens (including phenoxy) is 2. The molecule has 34 heavy (non-hydrogen) atoms. The second-order valence-corrected chi connectivity index (χ2v) is 9.61. The smallest absolute Gasteiger partial charge is 0.337 e. The van der Waals surface area contributed by atoms with E-state index >= 15 is 0 Å². The molecule has 1 aromatic rings. The highest BCUT2D eigenvalue weighted by Crippen LogP contribution is 2.45. The van der Waals surface area contributed by atoms with Gasteiger partial charge in [0.2, 0.25) is 0 Å². The fourth-order valence-corrected chi connectivity index (χ4v) is 5.51. The summed E-state index contributed by atoms with van der Waals surface area (Å²) < 4.78 is 24.6. The van der Waals surface area contributed by atoms with Crippen LogP contribution < -0.4 is 5.32 Å². The van der Waals surface area contributed by atoms with Crippen LogP contribution >= 0.6 is 0 Å². The highest BCUT2D eigenvalue weighted by molar-refractivity contribution is 6.12. The van der Waals surface area contributed by atoms with Gasteiger partial charge in [0, 0.05) is 22.9 Å². The van der Waals surface area contributed by atoms with E-state index in [1.165, 1.54) is 19.2 Å². The van der Waals surface area contributed by atoms with Crippen molar-refractivity contribution in [3.05, 3.63) is 58.2 Å². The first-order valence-corrected chi connectivity index (χ1v) is 12.1. The van der Waals surface area contributed by atoms with E-state index in [0.717, 1.165) is 38.5 Å². The lowest BCUT2D eigenvalue weighted by molar-refractivity contribution is -0.151. The second-order valence-electron chi connectivity index (χ2n) is 9.61. The molecule has 0 amide bonds. The molecular weight excluding hydrogens is 437 g/mol. The third-order valence-corrected chi connectivity index (χ3v) is 7.24. The minimum atomic E-state index is -0.953. The molecule has 0 saturated heterocycles. The number of carbonyl (C=O) groups excluding carboxylic acids is 3. The van der Waals surface area contributed by atoms with Gasteiger partial charge in [-0.15, -0.1) is 0 Å². The summed E-state index contributed by atoms with van der Waals surface area (Å²) in [4.78, 5) is 39.7. The van der Waals surface area contributed by atoms with Crippen LogP contribution in [0.1, 0.15) is 70.3 Å². The number of nitrogens with one attached hydrogen (secondary N) is 1. The number of Topliss-reactive ketones (excluding diaryl/α,β-unsaturated/α-hetero) is 1. The van der Waals surface area contributed by atoms with Gasteiger partial charge in [0.1, 0.15) is 17.8 Å². The van der Waals surface area contributed by atoms with E-state index < -0.39 is 29.6 Å². The van der Waals surface area contributed by atoms with Gasteiger partial charge < -0.3 is 14.8 Å². The van der Waals surface area contributed by atoms with Crippen molar-refractivity contribution in [1.29, 1.82) is 0 Å². The Kier molecular flexibility index (Phi) is 7.19. The first kappa shape index (κ1) is 24.2. The Morgan fingerprint density at radius 2 is 1.71 bits per heavy atom. The molecule has 1 fully saturated rings. The maximum atomic E-state index is 13.8. The Morgan fingerprint density at radius 1 is 1.06 bits per heavy atom. The number of carbonyl (C=O) groups is 3. The van der Waals surface area contributed by atoms with E-state index in [9.17, 15) is 18.8 Å². The van der Waals surface area contributed by atoms with E-state index in [1.54, 1.807) is 19.1 Å². The molecule has 3 atom stereocenters. The normalized spacial score (nSPS) is 25.9. The predicted octanol–water partition coefficient (Wildman–Crippen LogP) is 4.70. The summed E-state index contributed by atoms with van der Waals surface area (Å²) in [5.41, 5.74) is 2.60. The molecule has 0 spiro atoms. The lowest BCUT2D eigenvalue weighted by Crippen LogP contribution is -2.43. The topological polar surface area (TPSA) is 81.7 Å². The lowest BCUT2D eigenvalue weighted by atomic mass is 9.69. The standard InChI is InChI=1S/C27H32FNO5/c1-15-14-20-24(25(30)21(15)26(31)33-3)23(17-10-12-18(28)13-11-17)22(16(2)29-20)27(32)34-19-8-6-4-5-7-9-19/h10-13,15,19,21,23,29H,4-9,14H2,1-3H3/t15-,21-,23+/m1/s1. The number of hydrogen-bond acceptors (Lipinski definition) is 6. The zero-order valence-electron chi connectivity index (χ0n) is 20.0. The van der Waals surface area contributed by atoms with Gasteiger partial charge in [0.15, 0.2) is 5.78 Å². The van der Waals surface area contributed by atoms with Gasteiger partial charge >= 0.3 is 11.9 Å². The maximum absolute atomic E-state index is 13.8. The van der Waals surface area contributed by atoms with Gasteiger partial charge in [0.25, 0.3) is 0 Å². The van der Waals surface area contributed by atoms with Crippen LogP contribution in [-0.4, -0.2) is 30.9 Å². The predicted molar refractivity (Wildman–Crippen MR) is 124 cm³/mol. The number of esters is 2. The molecule has 1 aliphatic heterocycles. The van der Waals surface area contributed by atoms with Crippen molar-refractivity contribution < 1.29 is 28.2 Å². The van der Waals surface area contributed by atoms with Crippen LogP contribution in [0.5, 0.6) is 0 Å². The van der Waals surface area contributed by atoms with E-state index in [-0.39, 0.29) is 17.8 Å². The molecule has 4 rings (SSSR count). The van der Waals surface area contributed by atoms with Gasteiger partial charge in [0.05, 0.1) is 12.7 Å². The summed E-state index contributed by atoms with van der Waals surface area (Å²) >= 11 is 0. The van der Waals surface area contributed by atoms with Gasteiger partial charge in [-0.3, -0.25) is 9.59 Å². The van der Waals surface area contributed by atoms with Crippen LogP contribution in [0.4, 0.5) is 4.39 Å². The van der Waals surface area contributed by atoms with Crippen LogP contribution in [0.2, 0.25) is 0 Å². The summed E-state index contributed by atoms with van der Waals surface area (Å²) in [5.74, 6) is -3.80. The molecule has 0 unspecified atom stereocenters. The van der Waals surface area contributed by atoms with Crippen LogP contribution in [0.3, 0.4) is 0 Å². The average Bonchev–Trinajstić information content (AvgIpc) is 3.07. The van der Waals surface area contributed by atoms with E-state index in [0.29, 0.717) is 34.5 Å². The van der Waals surface area contributed by atoms with Gasteiger partial charge in [-0.1, -0.05) is 31.9 Å². The first-order chi connectivity index (χ1) is 16.3. The number of benzene rings is 1. The monoisotopic (exact) mass is 469 g/mol. The van der Waals surface area contributed by atoms with E-state index in [2.05, 4.69) is 5.32 Å². The number of allylic oxidation sites excluding steroid dienone is 3. The largest absolute Gasteiger partial charge is 0.468 e. The summed E-state index contributed by atoms with van der Waals surface area (Å²) in [5, 5.41) is 3.26. The molecule has 6 nitrogen and oxygen atoms in total. The number of dihydropyridines is 1. The number of hydrogen-bond donors (Lipinski definition) is 1. The quantitative estimate of drug-likeness (QED) is 0.391. The zero-order valence-corrected chi connectivity index (χ0v) is 20.0. The second kappa shape index (κ2) is 10.1. The Morgan fingerprint density at radius 3 is 2.32 bits per heavy atom. The minimum absolute atomic E-state index is 0.163. The summed E-state index contributed by atoms with van der Waals surface area (Å²) in [6.45, 7) is 3.64. The van der Waals surface area contributed by atoms with Crippen LogP contribution in [0.15, 0.2) is 46.8 Å². The summed E-state index contributed by atoms with van der Waals surface area (Å²) in [6.07, 6.45) is 6.24. The number of ketones is 1. The van der Waals surface area contributed by atoms with Crippen molar-refractivity contribution >= 4 is 17.7 Å². The number of methoxy groups -OCH3 is 1. The SMILES string of the molecule is COC(=O)[C@H]1C(=O)C2=C(C[C@H]1C)NC(C)=C(C(=O)OC1CCCCCC1)[C@@H]2c1ccc(F)cc1.